The SMILES string of the molecule is CC(=O)N[C@@H](CC(=O)NC(c1ccc2c(c1)OCCCO2)C(C)C)C(=O)[O-].[Na+]. The molecule has 9 heteroatoms. The van der Waals surface area contributed by atoms with E-state index >= 15 is 0 Å². The number of amides is 2. The van der Waals surface area contributed by atoms with Gasteiger partial charge in [0.1, 0.15) is 0 Å². The van der Waals surface area contributed by atoms with Crippen LogP contribution in [0, 0.1) is 5.92 Å². The van der Waals surface area contributed by atoms with Crippen molar-refractivity contribution in [3.05, 3.63) is 23.8 Å². The summed E-state index contributed by atoms with van der Waals surface area (Å²) in [6.45, 7) is 6.21. The Morgan fingerprint density at radius 1 is 1.11 bits per heavy atom. The molecule has 0 aromatic heterocycles. The van der Waals surface area contributed by atoms with E-state index in [0.717, 1.165) is 12.0 Å². The van der Waals surface area contributed by atoms with E-state index in [1.54, 1.807) is 6.07 Å². The first-order valence-corrected chi connectivity index (χ1v) is 8.94. The maximum absolute atomic E-state index is 12.4. The summed E-state index contributed by atoms with van der Waals surface area (Å²) in [6.07, 6.45) is 0.387. The molecule has 148 valence electrons. The molecule has 2 atom stereocenters. The Morgan fingerprint density at radius 2 is 1.75 bits per heavy atom. The van der Waals surface area contributed by atoms with Crippen LogP contribution in [-0.2, 0) is 14.4 Å². The second-order valence-corrected chi connectivity index (χ2v) is 6.82. The number of carbonyl (C=O) groups is 3. The molecule has 0 bridgehead atoms. The maximum atomic E-state index is 12.4. The van der Waals surface area contributed by atoms with Gasteiger partial charge in [-0.25, -0.2) is 0 Å². The summed E-state index contributed by atoms with van der Waals surface area (Å²) < 4.78 is 11.3. The monoisotopic (exact) mass is 400 g/mol. The minimum atomic E-state index is -1.50. The zero-order valence-electron chi connectivity index (χ0n) is 16.7. The topological polar surface area (TPSA) is 117 Å². The minimum absolute atomic E-state index is 0. The number of benzene rings is 1. The third kappa shape index (κ3) is 7.00. The molecule has 1 heterocycles. The van der Waals surface area contributed by atoms with Crippen molar-refractivity contribution in [3.8, 4) is 11.5 Å². The molecule has 0 saturated carbocycles. The number of hydrogen-bond donors (Lipinski definition) is 2. The van der Waals surface area contributed by atoms with E-state index in [1.807, 2.05) is 26.0 Å². The number of carboxylic acid groups (broad SMARTS) is 1. The zero-order chi connectivity index (χ0) is 20.0. The summed E-state index contributed by atoms with van der Waals surface area (Å²) in [4.78, 5) is 34.6. The van der Waals surface area contributed by atoms with E-state index in [4.69, 9.17) is 9.47 Å². The normalized spacial score (nSPS) is 14.9. The van der Waals surface area contributed by atoms with Crippen LogP contribution < -0.4 is 54.8 Å². The maximum Gasteiger partial charge on any atom is 1.00 e. The van der Waals surface area contributed by atoms with E-state index in [9.17, 15) is 19.5 Å². The van der Waals surface area contributed by atoms with Crippen molar-refractivity contribution < 1.29 is 58.5 Å². The van der Waals surface area contributed by atoms with Gasteiger partial charge < -0.3 is 30.0 Å². The van der Waals surface area contributed by atoms with Gasteiger partial charge in [-0.3, -0.25) is 9.59 Å². The van der Waals surface area contributed by atoms with Crippen molar-refractivity contribution in [3.63, 3.8) is 0 Å². The first-order valence-electron chi connectivity index (χ1n) is 8.94. The quantitative estimate of drug-likeness (QED) is 0.482. The molecule has 1 aromatic carbocycles. The molecule has 0 radical (unpaired) electrons. The second-order valence-electron chi connectivity index (χ2n) is 6.82. The molecule has 2 N–H and O–H groups in total. The Bertz CT molecular complexity index is 710. The minimum Gasteiger partial charge on any atom is -0.548 e. The van der Waals surface area contributed by atoms with Gasteiger partial charge in [0.25, 0.3) is 0 Å². The van der Waals surface area contributed by atoms with E-state index in [-0.39, 0.29) is 41.5 Å². The molecule has 1 aliphatic rings. The molecule has 1 unspecified atom stereocenters. The van der Waals surface area contributed by atoms with Gasteiger partial charge in [-0.1, -0.05) is 19.9 Å². The fraction of sp³-hybridized carbons (Fsp3) is 0.526. The fourth-order valence-electron chi connectivity index (χ4n) is 2.86. The molecule has 0 spiro atoms. The van der Waals surface area contributed by atoms with E-state index < -0.39 is 30.2 Å². The number of carbonyl (C=O) groups excluding carboxylic acids is 3. The molecule has 0 aliphatic carbocycles. The zero-order valence-corrected chi connectivity index (χ0v) is 18.7. The van der Waals surface area contributed by atoms with Crippen LogP contribution in [0.15, 0.2) is 18.2 Å². The summed E-state index contributed by atoms with van der Waals surface area (Å²) in [7, 11) is 0. The molecule has 2 amide bonds. The Balaban J connectivity index is 0.00000392. The summed E-state index contributed by atoms with van der Waals surface area (Å²) in [6, 6.07) is 3.75. The van der Waals surface area contributed by atoms with Crippen LogP contribution in [0.5, 0.6) is 11.5 Å². The molecular formula is C19H25N2NaO6. The van der Waals surface area contributed by atoms with Gasteiger partial charge in [0.2, 0.25) is 11.8 Å². The molecule has 0 saturated heterocycles. The van der Waals surface area contributed by atoms with Gasteiger partial charge in [0.15, 0.2) is 11.5 Å². The number of hydrogen-bond acceptors (Lipinski definition) is 6. The molecule has 1 aromatic rings. The Morgan fingerprint density at radius 3 is 2.32 bits per heavy atom. The first-order chi connectivity index (χ1) is 12.8. The van der Waals surface area contributed by atoms with Crippen molar-refractivity contribution in [2.24, 2.45) is 5.92 Å². The van der Waals surface area contributed by atoms with E-state index in [2.05, 4.69) is 10.6 Å². The third-order valence-corrected chi connectivity index (χ3v) is 4.17. The van der Waals surface area contributed by atoms with Gasteiger partial charge >= 0.3 is 29.6 Å². The van der Waals surface area contributed by atoms with Gasteiger partial charge in [-0.15, -0.1) is 0 Å². The standard InChI is InChI=1S/C19H26N2O6.Na/c1-11(2)18(21-17(23)10-14(19(24)25)20-12(3)22)13-5-6-15-16(9-13)27-8-4-7-26-15;/h5-6,9,11,14,18H,4,7-8,10H2,1-3H3,(H,20,22)(H,21,23)(H,24,25);/q;+1/p-1/t14-,18?;/m0./s1. The van der Waals surface area contributed by atoms with E-state index in [1.165, 1.54) is 6.92 Å². The molecular weight excluding hydrogens is 375 g/mol. The predicted octanol–water partition coefficient (Wildman–Crippen LogP) is -2.69. The van der Waals surface area contributed by atoms with Crippen LogP contribution >= 0.6 is 0 Å². The van der Waals surface area contributed by atoms with Crippen LogP contribution in [0.3, 0.4) is 0 Å². The van der Waals surface area contributed by atoms with Gasteiger partial charge in [-0.2, -0.15) is 0 Å². The smallest absolute Gasteiger partial charge is 0.548 e. The molecule has 2 rings (SSSR count). The Hall–Kier alpha value is -1.77. The predicted molar refractivity (Wildman–Crippen MR) is 95.0 cm³/mol. The van der Waals surface area contributed by atoms with Gasteiger partial charge in [0.05, 0.1) is 37.7 Å². The summed E-state index contributed by atoms with van der Waals surface area (Å²) in [5, 5.41) is 16.2. The number of rotatable bonds is 7. The van der Waals surface area contributed by atoms with Crippen LogP contribution in [-0.4, -0.2) is 37.0 Å². The average molecular weight is 400 g/mol. The molecule has 0 fully saturated rings. The number of carboxylic acids is 1. The third-order valence-electron chi connectivity index (χ3n) is 4.17. The van der Waals surface area contributed by atoms with Crippen LogP contribution in [0.1, 0.15) is 45.2 Å². The Kier molecular flexibility index (Phi) is 9.78. The average Bonchev–Trinajstić information content (AvgIpc) is 2.83. The first kappa shape index (κ1) is 24.3. The van der Waals surface area contributed by atoms with Crippen molar-refractivity contribution >= 4 is 17.8 Å². The van der Waals surface area contributed by atoms with Crippen molar-refractivity contribution in [2.75, 3.05) is 13.2 Å². The summed E-state index contributed by atoms with van der Waals surface area (Å²) >= 11 is 0. The van der Waals surface area contributed by atoms with Crippen LogP contribution in [0.2, 0.25) is 0 Å². The number of nitrogens with one attached hydrogen (secondary N) is 2. The molecule has 28 heavy (non-hydrogen) atoms. The second kappa shape index (κ2) is 11.3. The van der Waals surface area contributed by atoms with Crippen LogP contribution in [0.25, 0.3) is 0 Å². The van der Waals surface area contributed by atoms with Crippen molar-refractivity contribution in [2.45, 2.75) is 45.7 Å². The van der Waals surface area contributed by atoms with Gasteiger partial charge in [0, 0.05) is 13.3 Å². The largest absolute Gasteiger partial charge is 1.00 e. The van der Waals surface area contributed by atoms with E-state index in [0.29, 0.717) is 24.7 Å². The van der Waals surface area contributed by atoms with Crippen molar-refractivity contribution in [1.29, 1.82) is 0 Å². The number of aliphatic carboxylic acids is 1. The van der Waals surface area contributed by atoms with Crippen LogP contribution in [0.4, 0.5) is 0 Å². The summed E-state index contributed by atoms with van der Waals surface area (Å²) in [5.74, 6) is -1.22. The molecule has 1 aliphatic heterocycles. The molecule has 8 nitrogen and oxygen atoms in total. The van der Waals surface area contributed by atoms with Crippen molar-refractivity contribution in [1.82, 2.24) is 10.6 Å². The Labute approximate surface area is 186 Å². The number of fused-ring (bicyclic) bond motifs is 1. The summed E-state index contributed by atoms with van der Waals surface area (Å²) in [5.41, 5.74) is 0.826. The fourth-order valence-corrected chi connectivity index (χ4v) is 2.86. The van der Waals surface area contributed by atoms with Gasteiger partial charge in [-0.05, 0) is 23.6 Å². The number of ether oxygens (including phenoxy) is 2.